The Bertz CT molecular complexity index is 1710. The van der Waals surface area contributed by atoms with E-state index in [2.05, 4.69) is 21.6 Å². The third kappa shape index (κ3) is 5.76. The van der Waals surface area contributed by atoms with Crippen LogP contribution in [0.5, 0.6) is 0 Å². The summed E-state index contributed by atoms with van der Waals surface area (Å²) in [6.45, 7) is 4.03. The van der Waals surface area contributed by atoms with Crippen LogP contribution in [0.1, 0.15) is 48.5 Å². The molecule has 10 nitrogen and oxygen atoms in total. The zero-order valence-corrected chi connectivity index (χ0v) is 25.1. The molecule has 3 aromatic rings. The highest BCUT2D eigenvalue weighted by Crippen LogP contribution is 2.50. The van der Waals surface area contributed by atoms with Crippen molar-refractivity contribution < 1.29 is 14.4 Å². The lowest BCUT2D eigenvalue weighted by Gasteiger charge is -2.42. The van der Waals surface area contributed by atoms with Crippen molar-refractivity contribution in [2.75, 3.05) is 16.0 Å². The second-order valence-electron chi connectivity index (χ2n) is 10.6. The molecule has 42 heavy (non-hydrogen) atoms. The lowest BCUT2D eigenvalue weighted by Crippen LogP contribution is -2.42. The third-order valence-corrected chi connectivity index (χ3v) is 9.26. The van der Waals surface area contributed by atoms with E-state index in [1.807, 2.05) is 13.8 Å². The number of nitriles is 1. The average molecular weight is 620 g/mol. The molecule has 2 amide bonds. The zero-order chi connectivity index (χ0) is 30.2. The molecule has 0 bridgehead atoms. The van der Waals surface area contributed by atoms with Crippen molar-refractivity contribution in [1.29, 1.82) is 5.26 Å². The predicted octanol–water partition coefficient (Wildman–Crippen LogP) is 4.96. The van der Waals surface area contributed by atoms with Crippen LogP contribution < -0.4 is 21.7 Å². The Balaban J connectivity index is 1.45. The Morgan fingerprint density at radius 1 is 1.19 bits per heavy atom. The number of hydrogen-bond donors (Lipinski definition) is 3. The maximum absolute atomic E-state index is 13.6. The van der Waals surface area contributed by atoms with Gasteiger partial charge in [0, 0.05) is 22.7 Å². The van der Waals surface area contributed by atoms with E-state index in [0.717, 1.165) is 17.3 Å². The molecule has 2 heterocycles. The van der Waals surface area contributed by atoms with Crippen LogP contribution in [0.4, 0.5) is 10.8 Å². The molecule has 0 spiro atoms. The minimum absolute atomic E-state index is 0.00536. The highest BCUT2D eigenvalue weighted by atomic mass is 35.5. The van der Waals surface area contributed by atoms with E-state index >= 15 is 0 Å². The molecule has 0 saturated heterocycles. The lowest BCUT2D eigenvalue weighted by molar-refractivity contribution is -0.118. The van der Waals surface area contributed by atoms with Gasteiger partial charge in [-0.2, -0.15) is 5.26 Å². The summed E-state index contributed by atoms with van der Waals surface area (Å²) in [5.41, 5.74) is 14.4. The smallest absolute Gasteiger partial charge is 0.250 e. The molecule has 1 unspecified atom stereocenters. The van der Waals surface area contributed by atoms with Crippen LogP contribution in [-0.2, 0) is 9.59 Å². The SMILES string of the molecule is CC1(C)CC(=O)C2=C(C1)N(c1nnc(SCC(=O)Nc3ccccc3C(N)=O)s1)C(N)=C(C#N)C2c1ccc(Cl)cc1. The van der Waals surface area contributed by atoms with Gasteiger partial charge < -0.3 is 16.8 Å². The molecule has 1 aliphatic carbocycles. The van der Waals surface area contributed by atoms with Crippen LogP contribution in [0.3, 0.4) is 0 Å². The number of anilines is 2. The van der Waals surface area contributed by atoms with Gasteiger partial charge in [-0.15, -0.1) is 10.2 Å². The van der Waals surface area contributed by atoms with E-state index in [1.54, 1.807) is 47.4 Å². The third-order valence-electron chi connectivity index (χ3n) is 6.96. The van der Waals surface area contributed by atoms with Crippen molar-refractivity contribution in [2.45, 2.75) is 36.9 Å². The molecule has 214 valence electrons. The number of allylic oxidation sites excluding steroid dienone is 3. The Kier molecular flexibility index (Phi) is 8.10. The van der Waals surface area contributed by atoms with E-state index in [9.17, 15) is 19.6 Å². The minimum Gasteiger partial charge on any atom is -0.384 e. The number of nitrogens with one attached hydrogen (secondary N) is 1. The molecule has 0 fully saturated rings. The molecule has 1 aliphatic heterocycles. The first kappa shape index (κ1) is 29.3. The maximum Gasteiger partial charge on any atom is 0.250 e. The number of thioether (sulfide) groups is 1. The van der Waals surface area contributed by atoms with Crippen LogP contribution in [0.2, 0.25) is 5.02 Å². The first-order chi connectivity index (χ1) is 20.0. The van der Waals surface area contributed by atoms with Crippen molar-refractivity contribution in [3.63, 3.8) is 0 Å². The molecule has 13 heteroatoms. The van der Waals surface area contributed by atoms with E-state index in [1.165, 1.54) is 17.4 Å². The Labute approximate surface area is 255 Å². The number of aromatic nitrogens is 2. The summed E-state index contributed by atoms with van der Waals surface area (Å²) < 4.78 is 0.484. The Hall–Kier alpha value is -4.18. The fourth-order valence-electron chi connectivity index (χ4n) is 5.19. The van der Waals surface area contributed by atoms with E-state index in [-0.39, 0.29) is 39.8 Å². The number of para-hydroxylation sites is 1. The number of amides is 2. The van der Waals surface area contributed by atoms with Crippen LogP contribution >= 0.6 is 34.7 Å². The summed E-state index contributed by atoms with van der Waals surface area (Å²) in [5.74, 6) is -1.52. The molecule has 5 N–H and O–H groups in total. The summed E-state index contributed by atoms with van der Waals surface area (Å²) in [4.78, 5) is 39.6. The van der Waals surface area contributed by atoms with Crippen molar-refractivity contribution >= 4 is 63.1 Å². The molecular weight excluding hydrogens is 594 g/mol. The van der Waals surface area contributed by atoms with Gasteiger partial charge in [-0.3, -0.25) is 19.3 Å². The van der Waals surface area contributed by atoms with Crippen molar-refractivity contribution in [3.05, 3.63) is 87.3 Å². The number of hydrogen-bond acceptors (Lipinski definition) is 10. The van der Waals surface area contributed by atoms with Crippen molar-refractivity contribution in [2.24, 2.45) is 16.9 Å². The number of benzene rings is 2. The monoisotopic (exact) mass is 619 g/mol. The van der Waals surface area contributed by atoms with Gasteiger partial charge in [0.1, 0.15) is 5.82 Å². The second kappa shape index (κ2) is 11.6. The second-order valence-corrected chi connectivity index (χ2v) is 13.2. The number of halogens is 1. The summed E-state index contributed by atoms with van der Waals surface area (Å²) in [7, 11) is 0. The van der Waals surface area contributed by atoms with Crippen LogP contribution in [-0.4, -0.2) is 33.5 Å². The van der Waals surface area contributed by atoms with Crippen LogP contribution in [0.15, 0.2) is 75.5 Å². The van der Waals surface area contributed by atoms with Gasteiger partial charge in [0.05, 0.1) is 34.6 Å². The van der Waals surface area contributed by atoms with Crippen molar-refractivity contribution in [3.8, 4) is 6.07 Å². The van der Waals surface area contributed by atoms with Gasteiger partial charge in [0.25, 0.3) is 5.91 Å². The minimum atomic E-state index is -0.646. The first-order valence-corrected chi connectivity index (χ1v) is 15.0. The van der Waals surface area contributed by atoms with E-state index in [4.69, 9.17) is 23.1 Å². The summed E-state index contributed by atoms with van der Waals surface area (Å²) in [5, 5.41) is 22.4. The Morgan fingerprint density at radius 2 is 1.90 bits per heavy atom. The summed E-state index contributed by atoms with van der Waals surface area (Å²) >= 11 is 8.47. The quantitative estimate of drug-likeness (QED) is 0.309. The normalized spacial score (nSPS) is 18.0. The number of carbonyl (C=O) groups excluding carboxylic acids is 3. The summed E-state index contributed by atoms with van der Waals surface area (Å²) in [6.07, 6.45) is 0.856. The molecule has 2 aromatic carbocycles. The number of carbonyl (C=O) groups is 3. The van der Waals surface area contributed by atoms with Gasteiger partial charge in [-0.25, -0.2) is 0 Å². The molecule has 1 atom stereocenters. The number of rotatable bonds is 7. The maximum atomic E-state index is 13.6. The van der Waals surface area contributed by atoms with Crippen LogP contribution in [0.25, 0.3) is 0 Å². The number of Topliss-reactive ketones (excluding diaryl/α,β-unsaturated/α-hetero) is 1. The molecule has 2 aliphatic rings. The number of nitrogens with zero attached hydrogens (tertiary/aromatic N) is 4. The number of nitrogens with two attached hydrogens (primary N) is 2. The van der Waals surface area contributed by atoms with E-state index in [0.29, 0.717) is 44.3 Å². The zero-order valence-electron chi connectivity index (χ0n) is 22.7. The molecular formula is C29H26ClN7O3S2. The summed E-state index contributed by atoms with van der Waals surface area (Å²) in [6, 6.07) is 15.8. The van der Waals surface area contributed by atoms with Gasteiger partial charge in [-0.05, 0) is 41.7 Å². The average Bonchev–Trinajstić information content (AvgIpc) is 3.40. The lowest BCUT2D eigenvalue weighted by atomic mass is 9.69. The topological polar surface area (TPSA) is 168 Å². The molecule has 0 saturated carbocycles. The van der Waals surface area contributed by atoms with Gasteiger partial charge >= 0.3 is 0 Å². The van der Waals surface area contributed by atoms with Gasteiger partial charge in [-0.1, -0.05) is 72.8 Å². The van der Waals surface area contributed by atoms with Gasteiger partial charge in [0.15, 0.2) is 10.1 Å². The van der Waals surface area contributed by atoms with E-state index < -0.39 is 11.8 Å². The fourth-order valence-corrected chi connectivity index (χ4v) is 6.99. The number of primary amides is 1. The molecule has 1 aromatic heterocycles. The highest BCUT2D eigenvalue weighted by molar-refractivity contribution is 8.01. The molecule has 5 rings (SSSR count). The van der Waals surface area contributed by atoms with Gasteiger partial charge in [0.2, 0.25) is 11.0 Å². The number of ketones is 1. The Morgan fingerprint density at radius 3 is 2.60 bits per heavy atom. The fraction of sp³-hybridized carbons (Fsp3) is 0.241. The molecule has 0 radical (unpaired) electrons. The van der Waals surface area contributed by atoms with Crippen LogP contribution in [0, 0.1) is 16.7 Å². The standard InChI is InChI=1S/C29H26ClN7O3S2/c1-29(2)11-20-24(21(38)12-29)23(15-7-9-16(30)10-8-15)18(13-31)25(32)37(20)27-35-36-28(42-27)41-14-22(39)34-19-6-4-3-5-17(19)26(33)40/h3-10,23H,11-12,14,32H2,1-2H3,(H2,33,40)(H,34,39). The predicted molar refractivity (Wildman–Crippen MR) is 163 cm³/mol. The largest absolute Gasteiger partial charge is 0.384 e. The van der Waals surface area contributed by atoms with Crippen molar-refractivity contribution in [1.82, 2.24) is 10.2 Å². The first-order valence-electron chi connectivity index (χ1n) is 12.9. The highest BCUT2D eigenvalue weighted by Gasteiger charge is 2.45.